The molecule has 128 valence electrons. The van der Waals surface area contributed by atoms with E-state index in [1.54, 1.807) is 0 Å². The fourth-order valence-electron chi connectivity index (χ4n) is 2.34. The molecule has 0 aliphatic heterocycles. The molecular weight excluding hydrogens is 276 g/mol. The van der Waals surface area contributed by atoms with Crippen LogP contribution in [-0.2, 0) is 4.43 Å². The summed E-state index contributed by atoms with van der Waals surface area (Å²) in [5.74, 6) is 1.46. The summed E-state index contributed by atoms with van der Waals surface area (Å²) in [6.45, 7) is 17.4. The number of hydrogen-bond acceptors (Lipinski definition) is 2. The van der Waals surface area contributed by atoms with Crippen LogP contribution in [0.15, 0.2) is 0 Å². The Morgan fingerprint density at radius 2 is 1.62 bits per heavy atom. The van der Waals surface area contributed by atoms with Crippen LogP contribution in [-0.4, -0.2) is 26.6 Å². The molecule has 0 rings (SSSR count). The van der Waals surface area contributed by atoms with Gasteiger partial charge in [-0.05, 0) is 49.2 Å². The number of aliphatic hydroxyl groups is 1. The molecular formula is C18H40O2Si. The Kier molecular flexibility index (Phi) is 10.1. The van der Waals surface area contributed by atoms with Crippen LogP contribution in [0.1, 0.15) is 73.1 Å². The topological polar surface area (TPSA) is 29.5 Å². The van der Waals surface area contributed by atoms with Crippen LogP contribution in [0.3, 0.4) is 0 Å². The van der Waals surface area contributed by atoms with Gasteiger partial charge in [-0.3, -0.25) is 0 Å². The molecule has 0 fully saturated rings. The molecule has 1 N–H and O–H groups in total. The normalized spacial score (nSPS) is 16.0. The average Bonchev–Trinajstić information content (AvgIpc) is 2.39. The molecule has 21 heavy (non-hydrogen) atoms. The maximum Gasteiger partial charge on any atom is 0.191 e. The maximum absolute atomic E-state index is 8.92. The molecule has 0 saturated heterocycles. The van der Waals surface area contributed by atoms with E-state index in [9.17, 15) is 0 Å². The van der Waals surface area contributed by atoms with E-state index in [-0.39, 0.29) is 0 Å². The van der Waals surface area contributed by atoms with Gasteiger partial charge in [-0.15, -0.1) is 0 Å². The molecule has 3 heteroatoms. The Hall–Kier alpha value is 0.137. The van der Waals surface area contributed by atoms with Crippen LogP contribution >= 0.6 is 0 Å². The molecule has 0 radical (unpaired) electrons. The molecule has 0 aromatic rings. The Labute approximate surface area is 134 Å². The minimum atomic E-state index is -1.58. The van der Waals surface area contributed by atoms with Crippen LogP contribution in [0.25, 0.3) is 0 Å². The smallest absolute Gasteiger partial charge is 0.191 e. The molecule has 0 bridgehead atoms. The van der Waals surface area contributed by atoms with Crippen LogP contribution in [0, 0.1) is 11.8 Å². The second-order valence-corrected chi connectivity index (χ2v) is 13.1. The highest BCUT2D eigenvalue weighted by molar-refractivity contribution is 6.74. The first kappa shape index (κ1) is 21.1. The third kappa shape index (κ3) is 8.99. The minimum Gasteiger partial charge on any atom is -0.417 e. The lowest BCUT2D eigenvalue weighted by atomic mass is 9.92. The number of rotatable bonds is 11. The SMILES string of the molecule is CC[C@H](CCCO)CCC[C@@H](C)CO[Si](C)(C)C(C)(C)C. The second kappa shape index (κ2) is 10.0. The van der Waals surface area contributed by atoms with Gasteiger partial charge in [0.25, 0.3) is 0 Å². The Bertz CT molecular complexity index is 258. The van der Waals surface area contributed by atoms with E-state index in [4.69, 9.17) is 9.53 Å². The lowest BCUT2D eigenvalue weighted by molar-refractivity contribution is 0.223. The first-order valence-electron chi connectivity index (χ1n) is 8.88. The van der Waals surface area contributed by atoms with Crippen LogP contribution in [0.5, 0.6) is 0 Å². The lowest BCUT2D eigenvalue weighted by Crippen LogP contribution is -2.41. The van der Waals surface area contributed by atoms with Gasteiger partial charge >= 0.3 is 0 Å². The predicted octanol–water partition coefficient (Wildman–Crippen LogP) is 5.61. The highest BCUT2D eigenvalue weighted by Crippen LogP contribution is 2.37. The van der Waals surface area contributed by atoms with Gasteiger partial charge in [-0.25, -0.2) is 0 Å². The van der Waals surface area contributed by atoms with Gasteiger partial charge in [0.2, 0.25) is 0 Å². The fourth-order valence-corrected chi connectivity index (χ4v) is 3.47. The number of aliphatic hydroxyl groups excluding tert-OH is 1. The third-order valence-electron chi connectivity index (χ3n) is 5.19. The summed E-state index contributed by atoms with van der Waals surface area (Å²) in [6.07, 6.45) is 7.26. The van der Waals surface area contributed by atoms with E-state index in [1.807, 2.05) is 0 Å². The molecule has 0 heterocycles. The number of hydrogen-bond donors (Lipinski definition) is 1. The van der Waals surface area contributed by atoms with Crippen molar-refractivity contribution in [2.45, 2.75) is 91.3 Å². The van der Waals surface area contributed by atoms with E-state index in [0.717, 1.165) is 18.9 Å². The van der Waals surface area contributed by atoms with E-state index in [1.165, 1.54) is 32.1 Å². The largest absolute Gasteiger partial charge is 0.417 e. The molecule has 0 unspecified atom stereocenters. The zero-order chi connectivity index (χ0) is 16.5. The molecule has 0 aliphatic rings. The summed E-state index contributed by atoms with van der Waals surface area (Å²) in [5.41, 5.74) is 0. The van der Waals surface area contributed by atoms with Gasteiger partial charge in [0.15, 0.2) is 8.32 Å². The summed E-state index contributed by atoms with van der Waals surface area (Å²) in [6, 6.07) is 0. The molecule has 0 aromatic heterocycles. The standard InChI is InChI=1S/C18H40O2Si/c1-8-17(13-10-14-19)12-9-11-16(2)15-20-21(6,7)18(3,4)5/h16-17,19H,8-15H2,1-7H3/t16-,17+/m1/s1. The minimum absolute atomic E-state index is 0.310. The first-order valence-corrected chi connectivity index (χ1v) is 11.8. The summed E-state index contributed by atoms with van der Waals surface area (Å²) >= 11 is 0. The molecule has 0 aliphatic carbocycles. The Morgan fingerprint density at radius 3 is 2.10 bits per heavy atom. The summed E-state index contributed by atoms with van der Waals surface area (Å²) in [5, 5.41) is 9.23. The van der Waals surface area contributed by atoms with E-state index in [2.05, 4.69) is 47.7 Å². The quantitative estimate of drug-likeness (QED) is 0.502. The molecule has 2 nitrogen and oxygen atoms in total. The fraction of sp³-hybridized carbons (Fsp3) is 1.00. The van der Waals surface area contributed by atoms with Crippen LogP contribution < -0.4 is 0 Å². The van der Waals surface area contributed by atoms with Crippen molar-refractivity contribution >= 4 is 8.32 Å². The third-order valence-corrected chi connectivity index (χ3v) is 9.69. The zero-order valence-electron chi connectivity index (χ0n) is 15.7. The lowest BCUT2D eigenvalue weighted by Gasteiger charge is -2.37. The molecule has 0 spiro atoms. The van der Waals surface area contributed by atoms with Crippen molar-refractivity contribution in [1.29, 1.82) is 0 Å². The summed E-state index contributed by atoms with van der Waals surface area (Å²) < 4.78 is 6.31. The van der Waals surface area contributed by atoms with E-state index < -0.39 is 8.32 Å². The van der Waals surface area contributed by atoms with Gasteiger partial charge in [0, 0.05) is 13.2 Å². The van der Waals surface area contributed by atoms with Crippen molar-refractivity contribution in [3.8, 4) is 0 Å². The molecule has 2 atom stereocenters. The Balaban J connectivity index is 3.92. The van der Waals surface area contributed by atoms with Crippen molar-refractivity contribution in [3.63, 3.8) is 0 Å². The summed E-state index contributed by atoms with van der Waals surface area (Å²) in [7, 11) is -1.58. The van der Waals surface area contributed by atoms with Crippen molar-refractivity contribution in [3.05, 3.63) is 0 Å². The van der Waals surface area contributed by atoms with Crippen molar-refractivity contribution in [2.75, 3.05) is 13.2 Å². The Morgan fingerprint density at radius 1 is 1.05 bits per heavy atom. The maximum atomic E-state index is 8.92. The van der Waals surface area contributed by atoms with Gasteiger partial charge in [-0.2, -0.15) is 0 Å². The van der Waals surface area contributed by atoms with Crippen LogP contribution in [0.2, 0.25) is 18.1 Å². The van der Waals surface area contributed by atoms with Crippen LogP contribution in [0.4, 0.5) is 0 Å². The molecule has 0 saturated carbocycles. The highest BCUT2D eigenvalue weighted by Gasteiger charge is 2.37. The highest BCUT2D eigenvalue weighted by atomic mass is 28.4. The van der Waals surface area contributed by atoms with Gasteiger partial charge in [0.05, 0.1) is 0 Å². The monoisotopic (exact) mass is 316 g/mol. The van der Waals surface area contributed by atoms with E-state index >= 15 is 0 Å². The zero-order valence-corrected chi connectivity index (χ0v) is 16.7. The second-order valence-electron chi connectivity index (χ2n) is 8.25. The predicted molar refractivity (Wildman–Crippen MR) is 96.3 cm³/mol. The van der Waals surface area contributed by atoms with Gasteiger partial charge in [-0.1, -0.05) is 53.9 Å². The summed E-state index contributed by atoms with van der Waals surface area (Å²) in [4.78, 5) is 0. The van der Waals surface area contributed by atoms with Crippen molar-refractivity contribution < 1.29 is 9.53 Å². The van der Waals surface area contributed by atoms with Gasteiger partial charge in [0.1, 0.15) is 0 Å². The molecule has 0 amide bonds. The van der Waals surface area contributed by atoms with E-state index in [0.29, 0.717) is 17.6 Å². The molecule has 0 aromatic carbocycles. The van der Waals surface area contributed by atoms with Crippen molar-refractivity contribution in [1.82, 2.24) is 0 Å². The van der Waals surface area contributed by atoms with Crippen molar-refractivity contribution in [2.24, 2.45) is 11.8 Å². The van der Waals surface area contributed by atoms with Gasteiger partial charge < -0.3 is 9.53 Å². The average molecular weight is 317 g/mol. The first-order chi connectivity index (χ1) is 9.64.